The predicted molar refractivity (Wildman–Crippen MR) is 94.3 cm³/mol. The summed E-state index contributed by atoms with van der Waals surface area (Å²) in [6.45, 7) is 3.68. The van der Waals surface area contributed by atoms with Crippen molar-refractivity contribution in [2.24, 2.45) is 0 Å². The summed E-state index contributed by atoms with van der Waals surface area (Å²) >= 11 is 1.39. The monoisotopic (exact) mass is 355 g/mol. The smallest absolute Gasteiger partial charge is 0.341 e. The third-order valence-corrected chi connectivity index (χ3v) is 4.23. The van der Waals surface area contributed by atoms with Gasteiger partial charge in [-0.15, -0.1) is 22.0 Å². The van der Waals surface area contributed by atoms with E-state index in [4.69, 9.17) is 9.15 Å². The van der Waals surface area contributed by atoms with E-state index in [1.807, 2.05) is 37.4 Å². The molecule has 3 rings (SSSR count). The number of hydrogen-bond acceptors (Lipinski definition) is 7. The first-order valence-corrected chi connectivity index (χ1v) is 8.91. The molecule has 6 nitrogen and oxygen atoms in total. The molecular weight excluding hydrogens is 338 g/mol. The molecule has 0 aliphatic heterocycles. The molecule has 2 heterocycles. The first-order chi connectivity index (χ1) is 12.1. The van der Waals surface area contributed by atoms with Gasteiger partial charge in [-0.05, 0) is 44.4 Å². The first-order valence-electron chi connectivity index (χ1n) is 7.69. The summed E-state index contributed by atoms with van der Waals surface area (Å²) in [4.78, 5) is 16.5. The lowest BCUT2D eigenvalue weighted by atomic mass is 10.1. The highest BCUT2D eigenvalue weighted by Crippen LogP contribution is 2.25. The van der Waals surface area contributed by atoms with E-state index in [2.05, 4.69) is 15.2 Å². The number of benzene rings is 1. The fraction of sp³-hybridized carbons (Fsp3) is 0.222. The summed E-state index contributed by atoms with van der Waals surface area (Å²) in [5.41, 5.74) is 2.34. The predicted octanol–water partition coefficient (Wildman–Crippen LogP) is 4.08. The van der Waals surface area contributed by atoms with Crippen molar-refractivity contribution in [2.45, 2.75) is 25.0 Å². The van der Waals surface area contributed by atoms with Gasteiger partial charge in [-0.1, -0.05) is 17.7 Å². The average Bonchev–Trinajstić information content (AvgIpc) is 3.12. The summed E-state index contributed by atoms with van der Waals surface area (Å²) in [7, 11) is 0. The lowest BCUT2D eigenvalue weighted by Gasteiger charge is -2.10. The van der Waals surface area contributed by atoms with Gasteiger partial charge in [0.25, 0.3) is 5.89 Å². The lowest BCUT2D eigenvalue weighted by Crippen LogP contribution is -2.11. The Morgan fingerprint density at radius 1 is 1.24 bits per heavy atom. The Balaban J connectivity index is 1.76. The van der Waals surface area contributed by atoms with Crippen molar-refractivity contribution >= 4 is 17.7 Å². The van der Waals surface area contributed by atoms with Crippen LogP contribution in [0.1, 0.15) is 34.8 Å². The Labute approximate surface area is 149 Å². The molecule has 0 spiro atoms. The van der Waals surface area contributed by atoms with E-state index in [1.54, 1.807) is 25.3 Å². The van der Waals surface area contributed by atoms with Crippen molar-refractivity contribution in [3.05, 3.63) is 59.6 Å². The number of nitrogens with zero attached hydrogens (tertiary/aromatic N) is 3. The number of hydrogen-bond donors (Lipinski definition) is 0. The molecule has 1 atom stereocenters. The van der Waals surface area contributed by atoms with Gasteiger partial charge in [0.2, 0.25) is 5.89 Å². The Morgan fingerprint density at radius 3 is 2.84 bits per heavy atom. The number of pyridine rings is 1. The number of thioether (sulfide) groups is 1. The number of aromatic nitrogens is 3. The van der Waals surface area contributed by atoms with Gasteiger partial charge in [0.1, 0.15) is 5.03 Å². The fourth-order valence-electron chi connectivity index (χ4n) is 2.28. The third kappa shape index (κ3) is 3.88. The van der Waals surface area contributed by atoms with Crippen LogP contribution in [-0.2, 0) is 4.74 Å². The molecule has 0 bridgehead atoms. The van der Waals surface area contributed by atoms with Gasteiger partial charge < -0.3 is 9.15 Å². The maximum Gasteiger partial charge on any atom is 0.341 e. The summed E-state index contributed by atoms with van der Waals surface area (Å²) in [5, 5.41) is 8.65. The molecule has 0 aliphatic carbocycles. The number of aryl methyl sites for hydroxylation is 1. The number of rotatable bonds is 5. The maximum absolute atomic E-state index is 12.4. The number of carbonyl (C=O) groups is 1. The van der Waals surface area contributed by atoms with E-state index >= 15 is 0 Å². The van der Waals surface area contributed by atoms with Crippen LogP contribution in [-0.4, -0.2) is 27.4 Å². The van der Waals surface area contributed by atoms with Crippen molar-refractivity contribution in [1.29, 1.82) is 0 Å². The van der Waals surface area contributed by atoms with E-state index in [-0.39, 0.29) is 5.89 Å². The Kier molecular flexibility index (Phi) is 5.14. The van der Waals surface area contributed by atoms with E-state index in [9.17, 15) is 4.79 Å². The van der Waals surface area contributed by atoms with Crippen molar-refractivity contribution < 1.29 is 13.9 Å². The molecule has 0 radical (unpaired) electrons. The van der Waals surface area contributed by atoms with Crippen LogP contribution in [0.25, 0.3) is 11.5 Å². The fourth-order valence-corrected chi connectivity index (χ4v) is 2.81. The molecule has 128 valence electrons. The second kappa shape index (κ2) is 7.48. The van der Waals surface area contributed by atoms with Gasteiger partial charge in [0, 0.05) is 11.8 Å². The minimum Gasteiger partial charge on any atom is -0.449 e. The van der Waals surface area contributed by atoms with Gasteiger partial charge in [0.05, 0.1) is 5.56 Å². The highest BCUT2D eigenvalue weighted by Gasteiger charge is 2.21. The topological polar surface area (TPSA) is 78.1 Å². The zero-order chi connectivity index (χ0) is 17.8. The van der Waals surface area contributed by atoms with Crippen LogP contribution in [0, 0.1) is 6.92 Å². The van der Waals surface area contributed by atoms with Gasteiger partial charge >= 0.3 is 5.97 Å². The van der Waals surface area contributed by atoms with Crippen molar-refractivity contribution in [1.82, 2.24) is 15.2 Å². The molecule has 2 aromatic heterocycles. The second-order valence-corrected chi connectivity index (χ2v) is 6.22. The summed E-state index contributed by atoms with van der Waals surface area (Å²) in [5.74, 6) is 0.174. The zero-order valence-electron chi connectivity index (χ0n) is 14.1. The Bertz CT molecular complexity index is 895. The molecule has 1 aromatic carbocycles. The van der Waals surface area contributed by atoms with Crippen LogP contribution in [0.2, 0.25) is 0 Å². The molecule has 0 aliphatic rings. The third-order valence-electron chi connectivity index (χ3n) is 3.52. The highest BCUT2D eigenvalue weighted by atomic mass is 32.2. The quantitative estimate of drug-likeness (QED) is 0.504. The average molecular weight is 355 g/mol. The van der Waals surface area contributed by atoms with Gasteiger partial charge in [0.15, 0.2) is 6.10 Å². The summed E-state index contributed by atoms with van der Waals surface area (Å²) < 4.78 is 11.1. The number of ether oxygens (including phenoxy) is 1. The Hall–Kier alpha value is -2.67. The van der Waals surface area contributed by atoms with Crippen LogP contribution >= 0.6 is 11.8 Å². The summed E-state index contributed by atoms with van der Waals surface area (Å²) in [6.07, 6.45) is 2.83. The molecule has 1 unspecified atom stereocenters. The lowest BCUT2D eigenvalue weighted by molar-refractivity contribution is 0.0275. The summed E-state index contributed by atoms with van der Waals surface area (Å²) in [6, 6.07) is 11.1. The maximum atomic E-state index is 12.4. The van der Waals surface area contributed by atoms with Gasteiger partial charge in [-0.25, -0.2) is 9.78 Å². The van der Waals surface area contributed by atoms with E-state index in [0.29, 0.717) is 16.5 Å². The SMILES string of the molecule is CSc1ncccc1C(=O)OC(C)c1nnc(-c2cccc(C)c2)o1. The molecule has 0 saturated heterocycles. The molecule has 0 fully saturated rings. The van der Waals surface area contributed by atoms with Crippen molar-refractivity contribution in [3.63, 3.8) is 0 Å². The molecule has 0 N–H and O–H groups in total. The van der Waals surface area contributed by atoms with Crippen LogP contribution in [0.3, 0.4) is 0 Å². The molecule has 7 heteroatoms. The highest BCUT2D eigenvalue weighted by molar-refractivity contribution is 7.98. The van der Waals surface area contributed by atoms with Crippen LogP contribution < -0.4 is 0 Å². The molecular formula is C18H17N3O3S. The van der Waals surface area contributed by atoms with E-state index < -0.39 is 12.1 Å². The van der Waals surface area contributed by atoms with E-state index in [0.717, 1.165) is 11.1 Å². The molecule has 3 aromatic rings. The standard InChI is InChI=1S/C18H17N3O3S/c1-11-6-4-7-13(10-11)16-21-20-15(24-16)12(2)23-18(22)14-8-5-9-19-17(14)25-3/h4-10,12H,1-3H3. The van der Waals surface area contributed by atoms with Crippen molar-refractivity contribution in [3.8, 4) is 11.5 Å². The molecule has 0 amide bonds. The second-order valence-electron chi connectivity index (χ2n) is 5.42. The van der Waals surface area contributed by atoms with Crippen molar-refractivity contribution in [2.75, 3.05) is 6.26 Å². The van der Waals surface area contributed by atoms with Gasteiger partial charge in [-0.2, -0.15) is 0 Å². The van der Waals surface area contributed by atoms with Gasteiger partial charge in [-0.3, -0.25) is 0 Å². The Morgan fingerprint density at radius 2 is 2.08 bits per heavy atom. The van der Waals surface area contributed by atoms with Crippen LogP contribution in [0.4, 0.5) is 0 Å². The normalized spacial score (nSPS) is 12.0. The van der Waals surface area contributed by atoms with E-state index in [1.165, 1.54) is 11.8 Å². The van der Waals surface area contributed by atoms with Crippen LogP contribution in [0.15, 0.2) is 52.0 Å². The number of esters is 1. The first kappa shape index (κ1) is 17.2. The largest absolute Gasteiger partial charge is 0.449 e. The minimum atomic E-state index is -0.659. The van der Waals surface area contributed by atoms with Crippen LogP contribution in [0.5, 0.6) is 0 Å². The minimum absolute atomic E-state index is 0.249. The number of carbonyl (C=O) groups excluding carboxylic acids is 1. The molecule has 25 heavy (non-hydrogen) atoms. The zero-order valence-corrected chi connectivity index (χ0v) is 14.9. The molecule has 0 saturated carbocycles.